The van der Waals surface area contributed by atoms with E-state index in [1.807, 2.05) is 6.92 Å². The molecule has 1 amide bonds. The first kappa shape index (κ1) is 18.5. The highest BCUT2D eigenvalue weighted by molar-refractivity contribution is 6.31. The third kappa shape index (κ3) is 4.19. The van der Waals surface area contributed by atoms with Crippen LogP contribution in [0.1, 0.15) is 22.8 Å². The Morgan fingerprint density at radius 3 is 2.56 bits per heavy atom. The van der Waals surface area contributed by atoms with Crippen molar-refractivity contribution < 1.29 is 19.2 Å². The number of hydrogen-bond donors (Lipinski definition) is 1. The first-order chi connectivity index (χ1) is 11.9. The Morgan fingerprint density at radius 2 is 2.00 bits per heavy atom. The smallest absolute Gasteiger partial charge is 0.286 e. The zero-order chi connectivity index (χ0) is 18.6. The van der Waals surface area contributed by atoms with E-state index in [0.717, 1.165) is 5.56 Å². The molecule has 0 aliphatic carbocycles. The number of aryl methyl sites for hydroxylation is 1. The number of benzene rings is 2. The van der Waals surface area contributed by atoms with Gasteiger partial charge in [0.1, 0.15) is 5.56 Å². The molecule has 2 aromatic carbocycles. The molecule has 2 rings (SSSR count). The monoisotopic (exact) mass is 364 g/mol. The van der Waals surface area contributed by atoms with E-state index in [1.165, 1.54) is 19.2 Å². The summed E-state index contributed by atoms with van der Waals surface area (Å²) in [6.45, 7) is 3.91. The second-order valence-corrected chi connectivity index (χ2v) is 5.54. The van der Waals surface area contributed by atoms with Crippen LogP contribution in [-0.2, 0) is 0 Å². The number of nitro benzene ring substituents is 1. The maximum atomic E-state index is 12.5. The van der Waals surface area contributed by atoms with E-state index in [2.05, 4.69) is 5.32 Å². The SMILES string of the molecule is CCOc1cc(C(=O)Nc2ccc(C)c(Cl)c2)c([N+](=O)[O-])cc1OC. The molecule has 0 unspecified atom stereocenters. The molecule has 0 saturated heterocycles. The third-order valence-electron chi connectivity index (χ3n) is 3.45. The quantitative estimate of drug-likeness (QED) is 0.612. The predicted octanol–water partition coefficient (Wildman–Crippen LogP) is 4.22. The number of carbonyl (C=O) groups excluding carboxylic acids is 1. The molecule has 0 aliphatic heterocycles. The van der Waals surface area contributed by atoms with E-state index >= 15 is 0 Å². The number of methoxy groups -OCH3 is 1. The molecule has 132 valence electrons. The average Bonchev–Trinajstić information content (AvgIpc) is 2.57. The zero-order valence-corrected chi connectivity index (χ0v) is 14.7. The Balaban J connectivity index is 2.44. The summed E-state index contributed by atoms with van der Waals surface area (Å²) in [5.41, 5.74) is 0.777. The fourth-order valence-electron chi connectivity index (χ4n) is 2.18. The maximum absolute atomic E-state index is 12.5. The minimum Gasteiger partial charge on any atom is -0.493 e. The van der Waals surface area contributed by atoms with Crippen LogP contribution in [0.2, 0.25) is 5.02 Å². The molecule has 8 heteroatoms. The van der Waals surface area contributed by atoms with Crippen molar-refractivity contribution in [2.75, 3.05) is 19.0 Å². The van der Waals surface area contributed by atoms with Crippen LogP contribution in [-0.4, -0.2) is 24.5 Å². The Morgan fingerprint density at radius 1 is 1.28 bits per heavy atom. The highest BCUT2D eigenvalue weighted by Crippen LogP contribution is 2.35. The number of rotatable bonds is 6. The molecule has 1 N–H and O–H groups in total. The summed E-state index contributed by atoms with van der Waals surface area (Å²) in [6, 6.07) is 7.45. The molecule has 0 spiro atoms. The Bertz CT molecular complexity index is 823. The topological polar surface area (TPSA) is 90.7 Å². The highest BCUT2D eigenvalue weighted by Gasteiger charge is 2.25. The molecule has 7 nitrogen and oxygen atoms in total. The van der Waals surface area contributed by atoms with Crippen molar-refractivity contribution in [2.24, 2.45) is 0 Å². The molecule has 0 aliphatic rings. The van der Waals surface area contributed by atoms with Crippen molar-refractivity contribution in [3.05, 3.63) is 56.6 Å². The van der Waals surface area contributed by atoms with Crippen LogP contribution >= 0.6 is 11.6 Å². The summed E-state index contributed by atoms with van der Waals surface area (Å²) in [5.74, 6) is -0.207. The number of ether oxygens (including phenoxy) is 2. The predicted molar refractivity (Wildman–Crippen MR) is 95.0 cm³/mol. The van der Waals surface area contributed by atoms with Crippen LogP contribution in [0.3, 0.4) is 0 Å². The number of amides is 1. The molecule has 0 atom stereocenters. The van der Waals surface area contributed by atoms with Crippen LogP contribution in [0.5, 0.6) is 11.5 Å². The van der Waals surface area contributed by atoms with E-state index in [-0.39, 0.29) is 22.7 Å². The van der Waals surface area contributed by atoms with E-state index in [4.69, 9.17) is 21.1 Å². The van der Waals surface area contributed by atoms with Gasteiger partial charge >= 0.3 is 0 Å². The fraction of sp³-hybridized carbons (Fsp3) is 0.235. The molecular weight excluding hydrogens is 348 g/mol. The van der Waals surface area contributed by atoms with Crippen LogP contribution in [0.4, 0.5) is 11.4 Å². The van der Waals surface area contributed by atoms with Crippen molar-refractivity contribution in [3.8, 4) is 11.5 Å². The minimum atomic E-state index is -0.644. The van der Waals surface area contributed by atoms with Gasteiger partial charge in [-0.3, -0.25) is 14.9 Å². The second-order valence-electron chi connectivity index (χ2n) is 5.13. The van der Waals surface area contributed by atoms with Crippen LogP contribution in [0.25, 0.3) is 0 Å². The Hall–Kier alpha value is -2.80. The van der Waals surface area contributed by atoms with Crippen molar-refractivity contribution >= 4 is 28.9 Å². The highest BCUT2D eigenvalue weighted by atomic mass is 35.5. The first-order valence-corrected chi connectivity index (χ1v) is 7.81. The summed E-state index contributed by atoms with van der Waals surface area (Å²) in [5, 5.41) is 14.4. The van der Waals surface area contributed by atoms with Crippen molar-refractivity contribution in [1.82, 2.24) is 0 Å². The number of hydrogen-bond acceptors (Lipinski definition) is 5. The lowest BCUT2D eigenvalue weighted by molar-refractivity contribution is -0.385. The molecule has 0 fully saturated rings. The van der Waals surface area contributed by atoms with E-state index in [0.29, 0.717) is 17.3 Å². The fourth-order valence-corrected chi connectivity index (χ4v) is 2.36. The average molecular weight is 365 g/mol. The summed E-state index contributed by atoms with van der Waals surface area (Å²) in [7, 11) is 1.37. The molecule has 2 aromatic rings. The Labute approximate surface area is 149 Å². The maximum Gasteiger partial charge on any atom is 0.286 e. The molecule has 0 aromatic heterocycles. The molecule has 0 heterocycles. The number of anilines is 1. The molecular formula is C17H17ClN2O5. The lowest BCUT2D eigenvalue weighted by atomic mass is 10.1. The minimum absolute atomic E-state index is 0.133. The summed E-state index contributed by atoms with van der Waals surface area (Å²) in [4.78, 5) is 23.2. The van der Waals surface area contributed by atoms with E-state index < -0.39 is 10.8 Å². The van der Waals surface area contributed by atoms with Gasteiger partial charge in [0, 0.05) is 16.8 Å². The number of halogens is 1. The van der Waals surface area contributed by atoms with Crippen LogP contribution in [0, 0.1) is 17.0 Å². The lowest BCUT2D eigenvalue weighted by Gasteiger charge is -2.12. The van der Waals surface area contributed by atoms with Crippen molar-refractivity contribution in [1.29, 1.82) is 0 Å². The van der Waals surface area contributed by atoms with Gasteiger partial charge in [-0.1, -0.05) is 17.7 Å². The normalized spacial score (nSPS) is 10.2. The van der Waals surface area contributed by atoms with E-state index in [9.17, 15) is 14.9 Å². The van der Waals surface area contributed by atoms with Crippen molar-refractivity contribution in [2.45, 2.75) is 13.8 Å². The first-order valence-electron chi connectivity index (χ1n) is 7.44. The van der Waals surface area contributed by atoms with Gasteiger partial charge in [0.15, 0.2) is 11.5 Å². The Kier molecular flexibility index (Phi) is 5.82. The van der Waals surface area contributed by atoms with Gasteiger partial charge in [-0.25, -0.2) is 0 Å². The molecule has 25 heavy (non-hydrogen) atoms. The molecule has 0 radical (unpaired) electrons. The van der Waals surface area contributed by atoms with Gasteiger partial charge in [-0.2, -0.15) is 0 Å². The van der Waals surface area contributed by atoms with Crippen LogP contribution < -0.4 is 14.8 Å². The molecule has 0 saturated carbocycles. The standard InChI is InChI=1S/C17H17ClN2O5/c1-4-25-16-8-12(14(20(22)23)9-15(16)24-3)17(21)19-11-6-5-10(2)13(18)7-11/h5-9H,4H2,1-3H3,(H,19,21). The summed E-state index contributed by atoms with van der Waals surface area (Å²) in [6.07, 6.45) is 0. The van der Waals surface area contributed by atoms with Crippen molar-refractivity contribution in [3.63, 3.8) is 0 Å². The zero-order valence-electron chi connectivity index (χ0n) is 14.0. The van der Waals surface area contributed by atoms with Gasteiger partial charge in [-0.15, -0.1) is 0 Å². The van der Waals surface area contributed by atoms with E-state index in [1.54, 1.807) is 25.1 Å². The number of nitrogens with one attached hydrogen (secondary N) is 1. The third-order valence-corrected chi connectivity index (χ3v) is 3.86. The van der Waals surface area contributed by atoms with Gasteiger partial charge in [0.2, 0.25) is 0 Å². The second kappa shape index (κ2) is 7.85. The molecule has 0 bridgehead atoms. The van der Waals surface area contributed by atoms with Gasteiger partial charge in [0.05, 0.1) is 24.7 Å². The largest absolute Gasteiger partial charge is 0.493 e. The van der Waals surface area contributed by atoms with Gasteiger partial charge in [-0.05, 0) is 31.5 Å². The number of nitro groups is 1. The summed E-state index contributed by atoms with van der Waals surface area (Å²) < 4.78 is 10.5. The van der Waals surface area contributed by atoms with Gasteiger partial charge < -0.3 is 14.8 Å². The number of carbonyl (C=O) groups is 1. The summed E-state index contributed by atoms with van der Waals surface area (Å²) >= 11 is 6.03. The number of nitrogens with zero attached hydrogens (tertiary/aromatic N) is 1. The lowest BCUT2D eigenvalue weighted by Crippen LogP contribution is -2.14. The van der Waals surface area contributed by atoms with Gasteiger partial charge in [0.25, 0.3) is 11.6 Å². The van der Waals surface area contributed by atoms with Crippen LogP contribution in [0.15, 0.2) is 30.3 Å².